The van der Waals surface area contributed by atoms with Crippen LogP contribution in [0.5, 0.6) is 5.75 Å². The first-order valence-corrected chi connectivity index (χ1v) is 8.15. The summed E-state index contributed by atoms with van der Waals surface area (Å²) in [5.74, 6) is 1.77. The fourth-order valence-electron chi connectivity index (χ4n) is 3.16. The third kappa shape index (κ3) is 4.45. The zero-order valence-electron chi connectivity index (χ0n) is 13.6. The number of hydrogen-bond acceptors (Lipinski definition) is 3. The standard InChI is InChI=1S/C18H29NO2/c1-14(2)19-10-8-16(9-11-19)17(12-20)13-21-18-7-5-4-6-15(18)3/h4-7,14,16-17,20H,8-13H2,1-3H3. The fraction of sp³-hybridized carbons (Fsp3) is 0.667. The lowest BCUT2D eigenvalue weighted by molar-refractivity contribution is 0.0646. The molecule has 0 saturated carbocycles. The van der Waals surface area contributed by atoms with Gasteiger partial charge in [0.1, 0.15) is 5.75 Å². The van der Waals surface area contributed by atoms with E-state index in [1.807, 2.05) is 18.2 Å². The molecule has 1 unspecified atom stereocenters. The van der Waals surface area contributed by atoms with Crippen LogP contribution in [0.25, 0.3) is 0 Å². The lowest BCUT2D eigenvalue weighted by Crippen LogP contribution is -2.41. The maximum absolute atomic E-state index is 9.71. The van der Waals surface area contributed by atoms with Crippen LogP contribution in [0.1, 0.15) is 32.3 Å². The average molecular weight is 291 g/mol. The van der Waals surface area contributed by atoms with E-state index in [4.69, 9.17) is 4.74 Å². The van der Waals surface area contributed by atoms with Gasteiger partial charge in [0, 0.05) is 18.6 Å². The first kappa shape index (κ1) is 16.3. The zero-order valence-corrected chi connectivity index (χ0v) is 13.6. The van der Waals surface area contributed by atoms with E-state index in [2.05, 4.69) is 31.7 Å². The highest BCUT2D eigenvalue weighted by molar-refractivity contribution is 5.31. The molecule has 3 heteroatoms. The van der Waals surface area contributed by atoms with Gasteiger partial charge in [0.15, 0.2) is 0 Å². The van der Waals surface area contributed by atoms with Gasteiger partial charge in [-0.05, 0) is 64.3 Å². The van der Waals surface area contributed by atoms with Gasteiger partial charge in [0.25, 0.3) is 0 Å². The summed E-state index contributed by atoms with van der Waals surface area (Å²) < 4.78 is 5.94. The Morgan fingerprint density at radius 3 is 2.48 bits per heavy atom. The molecule has 0 aliphatic carbocycles. The largest absolute Gasteiger partial charge is 0.493 e. The molecule has 0 spiro atoms. The van der Waals surface area contributed by atoms with E-state index in [1.54, 1.807) is 0 Å². The molecule has 1 fully saturated rings. The van der Waals surface area contributed by atoms with Crippen molar-refractivity contribution >= 4 is 0 Å². The van der Waals surface area contributed by atoms with E-state index in [9.17, 15) is 5.11 Å². The Morgan fingerprint density at radius 1 is 1.24 bits per heavy atom. The van der Waals surface area contributed by atoms with Crippen molar-refractivity contribution in [1.29, 1.82) is 0 Å². The summed E-state index contributed by atoms with van der Waals surface area (Å²) in [5.41, 5.74) is 1.16. The molecule has 1 aromatic carbocycles. The highest BCUT2D eigenvalue weighted by atomic mass is 16.5. The highest BCUT2D eigenvalue weighted by Crippen LogP contribution is 2.27. The number of para-hydroxylation sites is 1. The molecule has 3 nitrogen and oxygen atoms in total. The molecule has 21 heavy (non-hydrogen) atoms. The van der Waals surface area contributed by atoms with Gasteiger partial charge in [-0.25, -0.2) is 0 Å². The number of rotatable bonds is 6. The maximum Gasteiger partial charge on any atom is 0.122 e. The molecule has 2 rings (SSSR count). The second-order valence-electron chi connectivity index (χ2n) is 6.49. The zero-order chi connectivity index (χ0) is 15.2. The van der Waals surface area contributed by atoms with Gasteiger partial charge in [-0.15, -0.1) is 0 Å². The lowest BCUT2D eigenvalue weighted by atomic mass is 9.85. The quantitative estimate of drug-likeness (QED) is 0.874. The number of piperidine rings is 1. The molecule has 1 aliphatic rings. The van der Waals surface area contributed by atoms with E-state index in [0.717, 1.165) is 24.4 Å². The van der Waals surface area contributed by atoms with Crippen molar-refractivity contribution in [3.05, 3.63) is 29.8 Å². The Kier molecular flexibility index (Phi) is 6.07. The SMILES string of the molecule is Cc1ccccc1OCC(CO)C1CCN(C(C)C)CC1. The molecule has 1 N–H and O–H groups in total. The number of aliphatic hydroxyl groups excluding tert-OH is 1. The van der Waals surface area contributed by atoms with Crippen molar-refractivity contribution in [3.63, 3.8) is 0 Å². The average Bonchev–Trinajstić information content (AvgIpc) is 2.50. The van der Waals surface area contributed by atoms with Crippen LogP contribution in [0.4, 0.5) is 0 Å². The van der Waals surface area contributed by atoms with Crippen LogP contribution in [0.3, 0.4) is 0 Å². The summed E-state index contributed by atoms with van der Waals surface area (Å²) in [6, 6.07) is 8.71. The van der Waals surface area contributed by atoms with Crippen molar-refractivity contribution in [2.45, 2.75) is 39.7 Å². The summed E-state index contributed by atoms with van der Waals surface area (Å²) in [7, 11) is 0. The summed E-state index contributed by atoms with van der Waals surface area (Å²) in [5, 5.41) is 9.71. The maximum atomic E-state index is 9.71. The van der Waals surface area contributed by atoms with Crippen LogP contribution in [-0.4, -0.2) is 42.4 Å². The molecular weight excluding hydrogens is 262 g/mol. The van der Waals surface area contributed by atoms with Crippen LogP contribution >= 0.6 is 0 Å². The second kappa shape index (κ2) is 7.81. The second-order valence-corrected chi connectivity index (χ2v) is 6.49. The van der Waals surface area contributed by atoms with Gasteiger partial charge >= 0.3 is 0 Å². The molecule has 1 saturated heterocycles. The van der Waals surface area contributed by atoms with Gasteiger partial charge in [0.05, 0.1) is 6.61 Å². The normalized spacial score (nSPS) is 18.9. The molecule has 1 heterocycles. The van der Waals surface area contributed by atoms with Gasteiger partial charge in [-0.2, -0.15) is 0 Å². The molecule has 1 aliphatic heterocycles. The van der Waals surface area contributed by atoms with E-state index in [-0.39, 0.29) is 12.5 Å². The molecule has 0 radical (unpaired) electrons. The topological polar surface area (TPSA) is 32.7 Å². The van der Waals surface area contributed by atoms with E-state index in [0.29, 0.717) is 18.6 Å². The predicted octanol–water partition coefficient (Wildman–Crippen LogP) is 3.10. The molecule has 1 aromatic rings. The smallest absolute Gasteiger partial charge is 0.122 e. The third-order valence-corrected chi connectivity index (χ3v) is 4.75. The Morgan fingerprint density at radius 2 is 1.90 bits per heavy atom. The minimum Gasteiger partial charge on any atom is -0.493 e. The summed E-state index contributed by atoms with van der Waals surface area (Å²) in [6.07, 6.45) is 2.33. The molecule has 1 atom stereocenters. The van der Waals surface area contributed by atoms with Gasteiger partial charge in [0.2, 0.25) is 0 Å². The summed E-state index contributed by atoms with van der Waals surface area (Å²) in [4.78, 5) is 2.52. The predicted molar refractivity (Wildman–Crippen MR) is 86.7 cm³/mol. The summed E-state index contributed by atoms with van der Waals surface area (Å²) in [6.45, 7) is 9.69. The third-order valence-electron chi connectivity index (χ3n) is 4.75. The number of aliphatic hydroxyl groups is 1. The van der Waals surface area contributed by atoms with Crippen molar-refractivity contribution in [3.8, 4) is 5.75 Å². The van der Waals surface area contributed by atoms with Crippen LogP contribution in [0, 0.1) is 18.8 Å². The minimum atomic E-state index is 0.220. The lowest BCUT2D eigenvalue weighted by Gasteiger charge is -2.37. The van der Waals surface area contributed by atoms with E-state index >= 15 is 0 Å². The number of likely N-dealkylation sites (tertiary alicyclic amines) is 1. The molecule has 0 bridgehead atoms. The van der Waals surface area contributed by atoms with Crippen molar-refractivity contribution in [1.82, 2.24) is 4.90 Å². The Balaban J connectivity index is 1.85. The van der Waals surface area contributed by atoms with Crippen LogP contribution < -0.4 is 4.74 Å². The van der Waals surface area contributed by atoms with Crippen molar-refractivity contribution in [2.75, 3.05) is 26.3 Å². The number of nitrogens with zero attached hydrogens (tertiary/aromatic N) is 1. The van der Waals surface area contributed by atoms with Crippen LogP contribution in [0.15, 0.2) is 24.3 Å². The van der Waals surface area contributed by atoms with Gasteiger partial charge < -0.3 is 14.7 Å². The number of hydrogen-bond donors (Lipinski definition) is 1. The molecule has 118 valence electrons. The molecule has 0 aromatic heterocycles. The highest BCUT2D eigenvalue weighted by Gasteiger charge is 2.27. The Bertz CT molecular complexity index is 425. The van der Waals surface area contributed by atoms with E-state index in [1.165, 1.54) is 12.8 Å². The van der Waals surface area contributed by atoms with Crippen molar-refractivity contribution in [2.24, 2.45) is 11.8 Å². The van der Waals surface area contributed by atoms with Gasteiger partial charge in [-0.1, -0.05) is 18.2 Å². The Hall–Kier alpha value is -1.06. The monoisotopic (exact) mass is 291 g/mol. The number of ether oxygens (including phenoxy) is 1. The molecular formula is C18H29NO2. The first-order valence-electron chi connectivity index (χ1n) is 8.15. The van der Waals surface area contributed by atoms with Crippen LogP contribution in [0.2, 0.25) is 0 Å². The summed E-state index contributed by atoms with van der Waals surface area (Å²) >= 11 is 0. The van der Waals surface area contributed by atoms with Crippen molar-refractivity contribution < 1.29 is 9.84 Å². The fourth-order valence-corrected chi connectivity index (χ4v) is 3.16. The first-order chi connectivity index (χ1) is 10.1. The number of benzene rings is 1. The van der Waals surface area contributed by atoms with Crippen LogP contribution in [-0.2, 0) is 0 Å². The van der Waals surface area contributed by atoms with E-state index < -0.39 is 0 Å². The van der Waals surface area contributed by atoms with Gasteiger partial charge in [-0.3, -0.25) is 0 Å². The number of aryl methyl sites for hydroxylation is 1. The minimum absolute atomic E-state index is 0.220. The molecule has 0 amide bonds. The Labute approximate surface area is 128 Å².